The van der Waals surface area contributed by atoms with Gasteiger partial charge in [0.15, 0.2) is 0 Å². The number of aromatic nitrogens is 1. The third kappa shape index (κ3) is 2.69. The SMILES string of the molecule is NCc1c(C(F)F)cc(I)nc1I. The molecular formula is C7H6F2I2N2. The van der Waals surface area contributed by atoms with Crippen LogP contribution in [0.2, 0.25) is 0 Å². The molecule has 0 radical (unpaired) electrons. The summed E-state index contributed by atoms with van der Waals surface area (Å²) in [5, 5.41) is 0. The van der Waals surface area contributed by atoms with Crippen molar-refractivity contribution in [3.05, 3.63) is 24.6 Å². The minimum absolute atomic E-state index is 0.00806. The molecule has 6 heteroatoms. The van der Waals surface area contributed by atoms with E-state index in [4.69, 9.17) is 5.73 Å². The van der Waals surface area contributed by atoms with Crippen molar-refractivity contribution in [2.75, 3.05) is 0 Å². The molecule has 0 aliphatic heterocycles. The fraction of sp³-hybridized carbons (Fsp3) is 0.286. The highest BCUT2D eigenvalue weighted by molar-refractivity contribution is 14.1. The zero-order valence-corrected chi connectivity index (χ0v) is 10.7. The molecule has 0 fully saturated rings. The second kappa shape index (κ2) is 4.78. The number of halogens is 4. The minimum atomic E-state index is -2.48. The maximum absolute atomic E-state index is 12.5. The molecule has 2 N–H and O–H groups in total. The van der Waals surface area contributed by atoms with Gasteiger partial charge in [-0.1, -0.05) is 0 Å². The smallest absolute Gasteiger partial charge is 0.264 e. The first-order valence-electron chi connectivity index (χ1n) is 3.39. The molecule has 0 aromatic carbocycles. The van der Waals surface area contributed by atoms with Gasteiger partial charge in [-0.05, 0) is 51.2 Å². The lowest BCUT2D eigenvalue weighted by molar-refractivity contribution is 0.150. The molecular weight excluding hydrogens is 404 g/mol. The molecule has 0 unspecified atom stereocenters. The van der Waals surface area contributed by atoms with E-state index in [-0.39, 0.29) is 12.1 Å². The summed E-state index contributed by atoms with van der Waals surface area (Å²) in [5.41, 5.74) is 5.79. The topological polar surface area (TPSA) is 38.9 Å². The number of hydrogen-bond acceptors (Lipinski definition) is 2. The number of nitrogens with two attached hydrogens (primary N) is 1. The van der Waals surface area contributed by atoms with Crippen LogP contribution in [0.15, 0.2) is 6.07 Å². The molecule has 1 heterocycles. The monoisotopic (exact) mass is 410 g/mol. The van der Waals surface area contributed by atoms with E-state index in [9.17, 15) is 8.78 Å². The molecule has 1 rings (SSSR count). The van der Waals surface area contributed by atoms with Gasteiger partial charge in [0, 0.05) is 17.7 Å². The van der Waals surface area contributed by atoms with Crippen LogP contribution in [0.5, 0.6) is 0 Å². The Bertz CT molecular complexity index is 318. The van der Waals surface area contributed by atoms with Crippen LogP contribution < -0.4 is 5.73 Å². The summed E-state index contributed by atoms with van der Waals surface area (Å²) in [6.07, 6.45) is -2.48. The summed E-state index contributed by atoms with van der Waals surface area (Å²) in [5.74, 6) is 0. The van der Waals surface area contributed by atoms with Crippen LogP contribution in [-0.4, -0.2) is 4.98 Å². The van der Waals surface area contributed by atoms with E-state index in [1.54, 1.807) is 0 Å². The van der Waals surface area contributed by atoms with Crippen molar-refractivity contribution in [2.24, 2.45) is 5.73 Å². The van der Waals surface area contributed by atoms with Crippen molar-refractivity contribution >= 4 is 45.2 Å². The first-order chi connectivity index (χ1) is 6.06. The van der Waals surface area contributed by atoms with Gasteiger partial charge in [0.2, 0.25) is 0 Å². The predicted molar refractivity (Wildman–Crippen MR) is 62.5 cm³/mol. The van der Waals surface area contributed by atoms with Gasteiger partial charge >= 0.3 is 0 Å². The molecule has 1 aromatic rings. The minimum Gasteiger partial charge on any atom is -0.326 e. The van der Waals surface area contributed by atoms with Crippen LogP contribution in [0, 0.1) is 7.40 Å². The van der Waals surface area contributed by atoms with Crippen molar-refractivity contribution in [1.29, 1.82) is 0 Å². The number of alkyl halides is 2. The van der Waals surface area contributed by atoms with E-state index in [2.05, 4.69) is 4.98 Å². The van der Waals surface area contributed by atoms with Gasteiger partial charge < -0.3 is 5.73 Å². The molecule has 0 aliphatic carbocycles. The van der Waals surface area contributed by atoms with Crippen LogP contribution in [0.3, 0.4) is 0 Å². The van der Waals surface area contributed by atoms with E-state index in [0.29, 0.717) is 13.0 Å². The Hall–Kier alpha value is 0.430. The summed E-state index contributed by atoms with van der Waals surface area (Å²) in [4.78, 5) is 4.05. The van der Waals surface area contributed by atoms with Crippen molar-refractivity contribution < 1.29 is 8.78 Å². The van der Waals surface area contributed by atoms with Crippen LogP contribution in [0.1, 0.15) is 17.6 Å². The molecule has 0 atom stereocenters. The maximum Gasteiger partial charge on any atom is 0.264 e. The number of hydrogen-bond donors (Lipinski definition) is 1. The third-order valence-electron chi connectivity index (χ3n) is 1.52. The Morgan fingerprint density at radius 3 is 2.54 bits per heavy atom. The molecule has 1 aromatic heterocycles. The molecule has 0 amide bonds. The average Bonchev–Trinajstić information content (AvgIpc) is 2.02. The first kappa shape index (κ1) is 11.5. The molecule has 0 saturated carbocycles. The van der Waals surface area contributed by atoms with E-state index in [1.807, 2.05) is 45.2 Å². The van der Waals surface area contributed by atoms with Crippen LogP contribution in [-0.2, 0) is 6.54 Å². The molecule has 0 aliphatic rings. The number of rotatable bonds is 2. The summed E-state index contributed by atoms with van der Waals surface area (Å²) in [7, 11) is 0. The highest BCUT2D eigenvalue weighted by Gasteiger charge is 2.16. The summed E-state index contributed by atoms with van der Waals surface area (Å²) >= 11 is 3.82. The highest BCUT2D eigenvalue weighted by Crippen LogP contribution is 2.26. The van der Waals surface area contributed by atoms with Crippen LogP contribution in [0.4, 0.5) is 8.78 Å². The van der Waals surface area contributed by atoms with E-state index in [0.717, 1.165) is 0 Å². The van der Waals surface area contributed by atoms with E-state index < -0.39 is 6.43 Å². The molecule has 0 bridgehead atoms. The normalized spacial score (nSPS) is 10.9. The van der Waals surface area contributed by atoms with Crippen LogP contribution >= 0.6 is 45.2 Å². The summed E-state index contributed by atoms with van der Waals surface area (Å²) in [6.45, 7) is 0.0991. The molecule has 2 nitrogen and oxygen atoms in total. The molecule has 72 valence electrons. The first-order valence-corrected chi connectivity index (χ1v) is 5.55. The van der Waals surface area contributed by atoms with Gasteiger partial charge in [-0.3, -0.25) is 0 Å². The quantitative estimate of drug-likeness (QED) is 0.602. The zero-order valence-electron chi connectivity index (χ0n) is 6.40. The number of pyridine rings is 1. The molecule has 13 heavy (non-hydrogen) atoms. The van der Waals surface area contributed by atoms with Gasteiger partial charge in [-0.15, -0.1) is 0 Å². The van der Waals surface area contributed by atoms with Gasteiger partial charge in [-0.25, -0.2) is 13.8 Å². The lowest BCUT2D eigenvalue weighted by Crippen LogP contribution is -2.07. The van der Waals surface area contributed by atoms with E-state index >= 15 is 0 Å². The number of nitrogens with zero attached hydrogens (tertiary/aromatic N) is 1. The largest absolute Gasteiger partial charge is 0.326 e. The lowest BCUT2D eigenvalue weighted by atomic mass is 10.1. The van der Waals surface area contributed by atoms with Crippen molar-refractivity contribution in [1.82, 2.24) is 4.98 Å². The van der Waals surface area contributed by atoms with Gasteiger partial charge in [0.1, 0.15) is 7.40 Å². The van der Waals surface area contributed by atoms with Crippen molar-refractivity contribution in [3.63, 3.8) is 0 Å². The Kier molecular flexibility index (Phi) is 4.23. The molecule has 0 spiro atoms. The summed E-state index contributed by atoms with van der Waals surface area (Å²) < 4.78 is 26.1. The highest BCUT2D eigenvalue weighted by atomic mass is 127. The Labute approximate surface area is 102 Å². The standard InChI is InChI=1S/C7H6F2I2N2/c8-6(9)3-1-5(10)13-7(11)4(3)2-12/h1,6H,2,12H2. The predicted octanol–water partition coefficient (Wildman–Crippen LogP) is 2.69. The second-order valence-electron chi connectivity index (χ2n) is 2.31. The van der Waals surface area contributed by atoms with Gasteiger partial charge in [0.25, 0.3) is 6.43 Å². The van der Waals surface area contributed by atoms with Crippen molar-refractivity contribution in [3.8, 4) is 0 Å². The molecule has 0 saturated heterocycles. The van der Waals surface area contributed by atoms with Crippen molar-refractivity contribution in [2.45, 2.75) is 13.0 Å². The zero-order chi connectivity index (χ0) is 10.0. The fourth-order valence-electron chi connectivity index (χ4n) is 0.925. The van der Waals surface area contributed by atoms with E-state index in [1.165, 1.54) is 6.07 Å². The maximum atomic E-state index is 12.5. The lowest BCUT2D eigenvalue weighted by Gasteiger charge is -2.08. The van der Waals surface area contributed by atoms with Crippen LogP contribution in [0.25, 0.3) is 0 Å². The fourth-order valence-corrected chi connectivity index (χ4v) is 2.75. The average molecular weight is 410 g/mol. The van der Waals surface area contributed by atoms with Gasteiger partial charge in [-0.2, -0.15) is 0 Å². The second-order valence-corrected chi connectivity index (χ2v) is 4.44. The Balaban J connectivity index is 3.29. The Morgan fingerprint density at radius 1 is 1.46 bits per heavy atom. The summed E-state index contributed by atoms with van der Waals surface area (Å²) in [6, 6.07) is 1.37. The van der Waals surface area contributed by atoms with Gasteiger partial charge in [0.05, 0.1) is 0 Å². The third-order valence-corrected chi connectivity index (χ3v) is 2.96. The Morgan fingerprint density at radius 2 is 2.08 bits per heavy atom.